The summed E-state index contributed by atoms with van der Waals surface area (Å²) in [4.78, 5) is 12.4. The first-order chi connectivity index (χ1) is 7.70. The van der Waals surface area contributed by atoms with Crippen LogP contribution in [0.1, 0.15) is 4.88 Å². The molecule has 0 bridgehead atoms. The summed E-state index contributed by atoms with van der Waals surface area (Å²) in [6.07, 6.45) is 1.85. The standard InChI is InChI=1S/C12H13NO2S/c1-13-6-9(3-4-12(13)14)10-5-11(7-15-2)16-8-10/h3-6,8H,7H2,1-2H3. The second-order valence-corrected chi connectivity index (χ2v) is 4.60. The van der Waals surface area contributed by atoms with Gasteiger partial charge >= 0.3 is 0 Å². The Hall–Kier alpha value is -1.39. The van der Waals surface area contributed by atoms with E-state index in [1.54, 1.807) is 36.1 Å². The molecule has 3 nitrogen and oxygen atoms in total. The molecule has 0 N–H and O–H groups in total. The fourth-order valence-electron chi connectivity index (χ4n) is 1.51. The van der Waals surface area contributed by atoms with Crippen molar-refractivity contribution in [2.45, 2.75) is 6.61 Å². The van der Waals surface area contributed by atoms with Crippen molar-refractivity contribution in [3.05, 3.63) is 45.0 Å². The van der Waals surface area contributed by atoms with E-state index in [2.05, 4.69) is 11.4 Å². The van der Waals surface area contributed by atoms with Crippen molar-refractivity contribution < 1.29 is 4.74 Å². The zero-order chi connectivity index (χ0) is 11.5. The van der Waals surface area contributed by atoms with E-state index in [9.17, 15) is 4.79 Å². The molecular formula is C12H13NO2S. The molecule has 0 aromatic carbocycles. The molecule has 0 amide bonds. The summed E-state index contributed by atoms with van der Waals surface area (Å²) in [6, 6.07) is 5.53. The molecule has 2 aromatic heterocycles. The highest BCUT2D eigenvalue weighted by molar-refractivity contribution is 7.10. The van der Waals surface area contributed by atoms with E-state index in [-0.39, 0.29) is 5.56 Å². The summed E-state index contributed by atoms with van der Waals surface area (Å²) in [7, 11) is 3.44. The van der Waals surface area contributed by atoms with Crippen molar-refractivity contribution in [1.29, 1.82) is 0 Å². The van der Waals surface area contributed by atoms with E-state index in [1.165, 1.54) is 4.88 Å². The van der Waals surface area contributed by atoms with Gasteiger partial charge in [0.25, 0.3) is 0 Å². The molecule has 0 aliphatic heterocycles. The number of thiophene rings is 1. The van der Waals surface area contributed by atoms with E-state index in [1.807, 2.05) is 12.3 Å². The Bertz CT molecular complexity index is 542. The Balaban J connectivity index is 2.35. The minimum atomic E-state index is 0.0103. The normalized spacial score (nSPS) is 10.6. The summed E-state index contributed by atoms with van der Waals surface area (Å²) in [5, 5.41) is 2.08. The first kappa shape index (κ1) is 11.1. The van der Waals surface area contributed by atoms with Crippen LogP contribution in [-0.4, -0.2) is 11.7 Å². The third-order valence-corrected chi connectivity index (χ3v) is 3.27. The van der Waals surface area contributed by atoms with Gasteiger partial charge in [-0.3, -0.25) is 4.79 Å². The molecule has 2 heterocycles. The van der Waals surface area contributed by atoms with Gasteiger partial charge in [-0.25, -0.2) is 0 Å². The van der Waals surface area contributed by atoms with Crippen LogP contribution in [0.2, 0.25) is 0 Å². The quantitative estimate of drug-likeness (QED) is 0.817. The van der Waals surface area contributed by atoms with Crippen LogP contribution in [-0.2, 0) is 18.4 Å². The van der Waals surface area contributed by atoms with E-state index in [0.717, 1.165) is 11.1 Å². The van der Waals surface area contributed by atoms with Crippen LogP contribution >= 0.6 is 11.3 Å². The van der Waals surface area contributed by atoms with Crippen molar-refractivity contribution in [2.75, 3.05) is 7.11 Å². The summed E-state index contributed by atoms with van der Waals surface area (Å²) in [5.74, 6) is 0. The number of hydrogen-bond donors (Lipinski definition) is 0. The average molecular weight is 235 g/mol. The molecule has 4 heteroatoms. The van der Waals surface area contributed by atoms with Gasteiger partial charge in [0.2, 0.25) is 5.56 Å². The number of ether oxygens (including phenoxy) is 1. The number of rotatable bonds is 3. The Labute approximate surface area is 97.9 Å². The third-order valence-electron chi connectivity index (χ3n) is 2.36. The van der Waals surface area contributed by atoms with Crippen LogP contribution in [0, 0.1) is 0 Å². The Morgan fingerprint density at radius 2 is 2.19 bits per heavy atom. The number of aromatic nitrogens is 1. The van der Waals surface area contributed by atoms with Gasteiger partial charge in [-0.2, -0.15) is 0 Å². The van der Waals surface area contributed by atoms with Crippen molar-refractivity contribution in [3.63, 3.8) is 0 Å². The molecule has 0 saturated carbocycles. The first-order valence-electron chi connectivity index (χ1n) is 4.94. The van der Waals surface area contributed by atoms with Crippen LogP contribution in [0.15, 0.2) is 34.6 Å². The number of pyridine rings is 1. The smallest absolute Gasteiger partial charge is 0.250 e. The Morgan fingerprint density at radius 3 is 2.88 bits per heavy atom. The minimum absolute atomic E-state index is 0.0103. The monoisotopic (exact) mass is 235 g/mol. The van der Waals surface area contributed by atoms with Crippen LogP contribution in [0.4, 0.5) is 0 Å². The molecule has 0 atom stereocenters. The van der Waals surface area contributed by atoms with Gasteiger partial charge in [-0.05, 0) is 28.6 Å². The van der Waals surface area contributed by atoms with Crippen LogP contribution < -0.4 is 5.56 Å². The average Bonchev–Trinajstić information content (AvgIpc) is 2.71. The molecule has 0 fully saturated rings. The minimum Gasteiger partial charge on any atom is -0.379 e. The summed E-state index contributed by atoms with van der Waals surface area (Å²) < 4.78 is 6.66. The highest BCUT2D eigenvalue weighted by atomic mass is 32.1. The molecule has 0 aliphatic rings. The van der Waals surface area contributed by atoms with E-state index >= 15 is 0 Å². The van der Waals surface area contributed by atoms with Crippen molar-refractivity contribution in [3.8, 4) is 11.1 Å². The van der Waals surface area contributed by atoms with E-state index in [4.69, 9.17) is 4.74 Å². The molecule has 2 rings (SSSR count). The summed E-state index contributed by atoms with van der Waals surface area (Å²) >= 11 is 1.67. The predicted molar refractivity (Wildman–Crippen MR) is 65.7 cm³/mol. The topological polar surface area (TPSA) is 31.2 Å². The lowest BCUT2D eigenvalue weighted by Crippen LogP contribution is -2.13. The lowest BCUT2D eigenvalue weighted by atomic mass is 10.1. The number of nitrogens with zero attached hydrogens (tertiary/aromatic N) is 1. The molecule has 0 spiro atoms. The van der Waals surface area contributed by atoms with Gasteiger partial charge in [0.15, 0.2) is 0 Å². The number of aryl methyl sites for hydroxylation is 1. The highest BCUT2D eigenvalue weighted by Crippen LogP contribution is 2.25. The van der Waals surface area contributed by atoms with Crippen LogP contribution in [0.25, 0.3) is 11.1 Å². The van der Waals surface area contributed by atoms with Gasteiger partial charge in [0.05, 0.1) is 6.61 Å². The van der Waals surface area contributed by atoms with Gasteiger partial charge in [0.1, 0.15) is 0 Å². The molecule has 16 heavy (non-hydrogen) atoms. The molecule has 0 saturated heterocycles. The van der Waals surface area contributed by atoms with Crippen LogP contribution in [0.3, 0.4) is 0 Å². The number of methoxy groups -OCH3 is 1. The number of hydrogen-bond acceptors (Lipinski definition) is 3. The fourth-order valence-corrected chi connectivity index (χ4v) is 2.38. The summed E-state index contributed by atoms with van der Waals surface area (Å²) in [6.45, 7) is 0.635. The van der Waals surface area contributed by atoms with Crippen molar-refractivity contribution in [1.82, 2.24) is 4.57 Å². The SMILES string of the molecule is COCc1cc(-c2ccc(=O)n(C)c2)cs1. The third kappa shape index (κ3) is 2.23. The zero-order valence-corrected chi connectivity index (χ0v) is 10.1. The van der Waals surface area contributed by atoms with Gasteiger partial charge in [-0.1, -0.05) is 0 Å². The fraction of sp³-hybridized carbons (Fsp3) is 0.250. The maximum Gasteiger partial charge on any atom is 0.250 e. The van der Waals surface area contributed by atoms with Gasteiger partial charge < -0.3 is 9.30 Å². The van der Waals surface area contributed by atoms with Crippen molar-refractivity contribution in [2.24, 2.45) is 7.05 Å². The Kier molecular flexibility index (Phi) is 3.22. The zero-order valence-electron chi connectivity index (χ0n) is 9.27. The van der Waals surface area contributed by atoms with Crippen LogP contribution in [0.5, 0.6) is 0 Å². The van der Waals surface area contributed by atoms with Gasteiger partial charge in [-0.15, -0.1) is 11.3 Å². The molecule has 0 radical (unpaired) electrons. The molecule has 84 valence electrons. The first-order valence-corrected chi connectivity index (χ1v) is 5.82. The lowest BCUT2D eigenvalue weighted by molar-refractivity contribution is 0.187. The molecular weight excluding hydrogens is 222 g/mol. The molecule has 0 unspecified atom stereocenters. The van der Waals surface area contributed by atoms with Crippen molar-refractivity contribution >= 4 is 11.3 Å². The second kappa shape index (κ2) is 4.63. The second-order valence-electron chi connectivity index (χ2n) is 3.60. The maximum absolute atomic E-state index is 11.3. The summed E-state index contributed by atoms with van der Waals surface area (Å²) in [5.41, 5.74) is 2.20. The lowest BCUT2D eigenvalue weighted by Gasteiger charge is -2.00. The van der Waals surface area contributed by atoms with E-state index < -0.39 is 0 Å². The van der Waals surface area contributed by atoms with Gasteiger partial charge in [0, 0.05) is 31.3 Å². The highest BCUT2D eigenvalue weighted by Gasteiger charge is 2.03. The van der Waals surface area contributed by atoms with E-state index in [0.29, 0.717) is 6.61 Å². The largest absolute Gasteiger partial charge is 0.379 e. The Morgan fingerprint density at radius 1 is 1.38 bits per heavy atom. The predicted octanol–water partition coefficient (Wildman–Crippen LogP) is 2.26. The molecule has 2 aromatic rings. The maximum atomic E-state index is 11.3. The molecule has 0 aliphatic carbocycles.